The summed E-state index contributed by atoms with van der Waals surface area (Å²) in [6.07, 6.45) is 5.59. The first kappa shape index (κ1) is 20.2. The van der Waals surface area contributed by atoms with Crippen molar-refractivity contribution in [3.8, 4) is 0 Å². The molecule has 0 spiro atoms. The number of likely N-dealkylation sites (tertiary alicyclic amines) is 1. The summed E-state index contributed by atoms with van der Waals surface area (Å²) in [5, 5.41) is 0. The summed E-state index contributed by atoms with van der Waals surface area (Å²) in [6, 6.07) is 0.782. The molecule has 1 aliphatic heterocycles. The fraction of sp³-hybridized carbons (Fsp3) is 1.00. The third kappa shape index (κ3) is 9.90. The van der Waals surface area contributed by atoms with Crippen LogP contribution in [0.2, 0.25) is 0 Å². The summed E-state index contributed by atoms with van der Waals surface area (Å²) in [7, 11) is 2.21. The Morgan fingerprint density at radius 1 is 1.00 bits per heavy atom. The van der Waals surface area contributed by atoms with Crippen LogP contribution in [0.15, 0.2) is 0 Å². The molecule has 112 valence electrons. The molecule has 1 fully saturated rings. The first-order valence-electron chi connectivity index (χ1n) is 8.16. The number of hydrogen-bond acceptors (Lipinski definition) is 2. The van der Waals surface area contributed by atoms with Crippen molar-refractivity contribution >= 4 is 0 Å². The van der Waals surface area contributed by atoms with E-state index in [4.69, 9.17) is 0 Å². The Hall–Kier alpha value is -0.0800. The number of piperidine rings is 1. The smallest absolute Gasteiger partial charge is 0.00790 e. The molecule has 1 rings (SSSR count). The van der Waals surface area contributed by atoms with E-state index < -0.39 is 0 Å². The molecular formula is C16H38N2. The largest absolute Gasteiger partial charge is 0.307 e. The van der Waals surface area contributed by atoms with Crippen LogP contribution in [0.5, 0.6) is 0 Å². The fourth-order valence-corrected chi connectivity index (χ4v) is 2.11. The van der Waals surface area contributed by atoms with Crippen LogP contribution in [-0.2, 0) is 0 Å². The topological polar surface area (TPSA) is 6.48 Å². The van der Waals surface area contributed by atoms with Crippen molar-refractivity contribution in [2.75, 3.05) is 33.2 Å². The highest BCUT2D eigenvalue weighted by Crippen LogP contribution is 2.13. The van der Waals surface area contributed by atoms with Gasteiger partial charge in [0, 0.05) is 6.04 Å². The highest BCUT2D eigenvalue weighted by Gasteiger charge is 2.16. The molecule has 0 N–H and O–H groups in total. The van der Waals surface area contributed by atoms with Gasteiger partial charge in [-0.25, -0.2) is 0 Å². The quantitative estimate of drug-likeness (QED) is 0.727. The highest BCUT2D eigenvalue weighted by atomic mass is 15.2. The maximum absolute atomic E-state index is 2.66. The SMILES string of the molecule is CC.CC.CCN(C)CCC(C)N1CCCCC1. The Morgan fingerprint density at radius 2 is 1.50 bits per heavy atom. The Bertz CT molecular complexity index is 142. The predicted molar refractivity (Wildman–Crippen MR) is 85.4 cm³/mol. The summed E-state index contributed by atoms with van der Waals surface area (Å²) >= 11 is 0. The van der Waals surface area contributed by atoms with E-state index in [1.54, 1.807) is 0 Å². The fourth-order valence-electron chi connectivity index (χ4n) is 2.11. The van der Waals surface area contributed by atoms with Crippen molar-refractivity contribution < 1.29 is 0 Å². The van der Waals surface area contributed by atoms with Crippen molar-refractivity contribution in [2.24, 2.45) is 0 Å². The normalized spacial score (nSPS) is 17.3. The van der Waals surface area contributed by atoms with Gasteiger partial charge in [0.25, 0.3) is 0 Å². The van der Waals surface area contributed by atoms with Gasteiger partial charge in [-0.3, -0.25) is 0 Å². The highest BCUT2D eigenvalue weighted by molar-refractivity contribution is 4.72. The molecule has 0 radical (unpaired) electrons. The molecule has 0 aromatic heterocycles. The molecule has 0 amide bonds. The van der Waals surface area contributed by atoms with Gasteiger partial charge in [-0.05, 0) is 59.4 Å². The Balaban J connectivity index is 0. The Morgan fingerprint density at radius 3 is 1.94 bits per heavy atom. The lowest BCUT2D eigenvalue weighted by Gasteiger charge is -2.33. The molecule has 0 saturated carbocycles. The van der Waals surface area contributed by atoms with Crippen LogP contribution < -0.4 is 0 Å². The van der Waals surface area contributed by atoms with Gasteiger partial charge in [-0.2, -0.15) is 0 Å². The maximum atomic E-state index is 2.66. The van der Waals surface area contributed by atoms with Crippen LogP contribution in [-0.4, -0.2) is 49.1 Å². The summed E-state index contributed by atoms with van der Waals surface area (Å²) in [5.41, 5.74) is 0. The number of rotatable bonds is 5. The molecule has 2 heteroatoms. The second kappa shape index (κ2) is 15.0. The van der Waals surface area contributed by atoms with E-state index in [-0.39, 0.29) is 0 Å². The second-order valence-electron chi connectivity index (χ2n) is 4.63. The molecule has 2 nitrogen and oxygen atoms in total. The number of nitrogens with zero attached hydrogens (tertiary/aromatic N) is 2. The second-order valence-corrected chi connectivity index (χ2v) is 4.63. The van der Waals surface area contributed by atoms with Crippen molar-refractivity contribution in [2.45, 2.75) is 73.3 Å². The number of hydrogen-bond donors (Lipinski definition) is 0. The van der Waals surface area contributed by atoms with E-state index in [0.717, 1.165) is 6.04 Å². The van der Waals surface area contributed by atoms with E-state index in [2.05, 4.69) is 30.7 Å². The van der Waals surface area contributed by atoms with Gasteiger partial charge in [-0.15, -0.1) is 0 Å². The molecular weight excluding hydrogens is 220 g/mol. The average molecular weight is 258 g/mol. The van der Waals surface area contributed by atoms with Crippen molar-refractivity contribution in [3.63, 3.8) is 0 Å². The zero-order chi connectivity index (χ0) is 14.4. The Labute approximate surface area is 117 Å². The molecule has 0 aliphatic carbocycles. The maximum Gasteiger partial charge on any atom is 0.00790 e. The van der Waals surface area contributed by atoms with E-state index in [0.29, 0.717) is 0 Å². The predicted octanol–water partition coefficient (Wildman–Crippen LogP) is 4.26. The molecule has 0 bridgehead atoms. The molecule has 1 unspecified atom stereocenters. The molecule has 1 heterocycles. The van der Waals surface area contributed by atoms with Gasteiger partial charge in [-0.1, -0.05) is 41.0 Å². The van der Waals surface area contributed by atoms with Crippen LogP contribution in [0.25, 0.3) is 0 Å². The summed E-state index contributed by atoms with van der Waals surface area (Å²) in [5.74, 6) is 0. The average Bonchev–Trinajstić information content (AvgIpc) is 2.49. The van der Waals surface area contributed by atoms with Crippen molar-refractivity contribution in [3.05, 3.63) is 0 Å². The standard InChI is InChI=1S/C12H26N2.2C2H6/c1-4-13(3)11-8-12(2)14-9-6-5-7-10-14;2*1-2/h12H,4-11H2,1-3H3;2*1-2H3. The van der Waals surface area contributed by atoms with Gasteiger partial charge in [0.05, 0.1) is 0 Å². The third-order valence-electron chi connectivity index (χ3n) is 3.48. The minimum absolute atomic E-state index is 0.782. The summed E-state index contributed by atoms with van der Waals surface area (Å²) in [4.78, 5) is 5.06. The minimum atomic E-state index is 0.782. The van der Waals surface area contributed by atoms with Crippen LogP contribution >= 0.6 is 0 Å². The van der Waals surface area contributed by atoms with Gasteiger partial charge in [0.2, 0.25) is 0 Å². The van der Waals surface area contributed by atoms with Gasteiger partial charge in [0.1, 0.15) is 0 Å². The zero-order valence-corrected chi connectivity index (χ0v) is 14.1. The van der Waals surface area contributed by atoms with Gasteiger partial charge < -0.3 is 9.80 Å². The van der Waals surface area contributed by atoms with E-state index in [9.17, 15) is 0 Å². The van der Waals surface area contributed by atoms with Crippen LogP contribution in [0.4, 0.5) is 0 Å². The monoisotopic (exact) mass is 258 g/mol. The lowest BCUT2D eigenvalue weighted by Crippen LogP contribution is -2.39. The van der Waals surface area contributed by atoms with Crippen LogP contribution in [0.3, 0.4) is 0 Å². The van der Waals surface area contributed by atoms with Crippen molar-refractivity contribution in [1.29, 1.82) is 0 Å². The van der Waals surface area contributed by atoms with E-state index in [1.807, 2.05) is 27.7 Å². The molecule has 1 saturated heterocycles. The summed E-state index contributed by atoms with van der Waals surface area (Å²) in [6.45, 7) is 17.7. The summed E-state index contributed by atoms with van der Waals surface area (Å²) < 4.78 is 0. The van der Waals surface area contributed by atoms with E-state index in [1.165, 1.54) is 51.9 Å². The lowest BCUT2D eigenvalue weighted by molar-refractivity contribution is 0.155. The first-order chi connectivity index (χ1) is 8.74. The first-order valence-corrected chi connectivity index (χ1v) is 8.16. The van der Waals surface area contributed by atoms with Crippen LogP contribution in [0.1, 0.15) is 67.2 Å². The molecule has 0 aromatic rings. The van der Waals surface area contributed by atoms with Gasteiger partial charge in [0.15, 0.2) is 0 Å². The van der Waals surface area contributed by atoms with Crippen molar-refractivity contribution in [1.82, 2.24) is 9.80 Å². The molecule has 1 atom stereocenters. The Kier molecular flexibility index (Phi) is 16.8. The van der Waals surface area contributed by atoms with Crippen LogP contribution in [0, 0.1) is 0 Å². The van der Waals surface area contributed by atoms with E-state index >= 15 is 0 Å². The molecule has 18 heavy (non-hydrogen) atoms. The molecule has 1 aliphatic rings. The molecule has 0 aromatic carbocycles. The minimum Gasteiger partial charge on any atom is -0.307 e. The third-order valence-corrected chi connectivity index (χ3v) is 3.48. The van der Waals surface area contributed by atoms with Gasteiger partial charge >= 0.3 is 0 Å². The lowest BCUT2D eigenvalue weighted by atomic mass is 10.1. The zero-order valence-electron chi connectivity index (χ0n) is 14.1.